The van der Waals surface area contributed by atoms with E-state index in [1.807, 2.05) is 36.4 Å². The Kier molecular flexibility index (Phi) is 5.94. The van der Waals surface area contributed by atoms with Crippen molar-refractivity contribution in [2.24, 2.45) is 0 Å². The Morgan fingerprint density at radius 2 is 2.00 bits per heavy atom. The Labute approximate surface area is 135 Å². The molecule has 0 fully saturated rings. The van der Waals surface area contributed by atoms with Crippen LogP contribution in [0.25, 0.3) is 6.08 Å². The molecule has 0 bridgehead atoms. The minimum atomic E-state index is -0.543. The monoisotopic (exact) mass is 316 g/mol. The number of methoxy groups -OCH3 is 1. The molecule has 0 unspecified atom stereocenters. The smallest absolute Gasteiger partial charge is 0.338 e. The van der Waals surface area contributed by atoms with Gasteiger partial charge in [0.2, 0.25) is 0 Å². The first-order valence-electron chi connectivity index (χ1n) is 7.29. The molecule has 0 radical (unpaired) electrons. The maximum atomic E-state index is 12.3. The van der Waals surface area contributed by atoms with E-state index in [0.717, 1.165) is 5.56 Å². The lowest BCUT2D eigenvalue weighted by molar-refractivity contribution is -0.140. The van der Waals surface area contributed by atoms with Crippen LogP contribution in [0.2, 0.25) is 0 Å². The van der Waals surface area contributed by atoms with E-state index in [2.05, 4.69) is 10.6 Å². The van der Waals surface area contributed by atoms with E-state index in [1.165, 1.54) is 7.11 Å². The molecule has 6 heteroatoms. The second-order valence-corrected chi connectivity index (χ2v) is 5.01. The Bertz CT molecular complexity index is 623. The molecule has 122 valence electrons. The van der Waals surface area contributed by atoms with Crippen LogP contribution in [0, 0.1) is 0 Å². The highest BCUT2D eigenvalue weighted by molar-refractivity contribution is 5.95. The average molecular weight is 316 g/mol. The van der Waals surface area contributed by atoms with Crippen LogP contribution >= 0.6 is 0 Å². The number of allylic oxidation sites excluding steroid dienone is 1. The van der Waals surface area contributed by atoms with E-state index in [9.17, 15) is 9.59 Å². The molecule has 0 aromatic heterocycles. The van der Waals surface area contributed by atoms with Crippen molar-refractivity contribution in [3.8, 4) is 0 Å². The Balaban J connectivity index is 2.17. The third-order valence-corrected chi connectivity index (χ3v) is 3.32. The van der Waals surface area contributed by atoms with Crippen molar-refractivity contribution < 1.29 is 19.1 Å². The highest BCUT2D eigenvalue weighted by atomic mass is 16.6. The molecule has 2 rings (SSSR count). The van der Waals surface area contributed by atoms with E-state index in [1.54, 1.807) is 13.0 Å². The van der Waals surface area contributed by atoms with Gasteiger partial charge >= 0.3 is 12.0 Å². The second-order valence-electron chi connectivity index (χ2n) is 5.01. The predicted octanol–water partition coefficient (Wildman–Crippen LogP) is 1.84. The van der Waals surface area contributed by atoms with Gasteiger partial charge in [0.05, 0.1) is 18.2 Å². The van der Waals surface area contributed by atoms with Crippen LogP contribution in [-0.4, -0.2) is 38.4 Å². The lowest BCUT2D eigenvalue weighted by Crippen LogP contribution is -2.49. The lowest BCUT2D eigenvalue weighted by atomic mass is 10.0. The lowest BCUT2D eigenvalue weighted by Gasteiger charge is -2.25. The maximum Gasteiger partial charge on any atom is 0.338 e. The molecular formula is C17H20N2O4. The number of rotatable bonds is 6. The van der Waals surface area contributed by atoms with Crippen LogP contribution in [0.5, 0.6) is 0 Å². The summed E-state index contributed by atoms with van der Waals surface area (Å²) >= 11 is 0. The van der Waals surface area contributed by atoms with E-state index in [4.69, 9.17) is 9.47 Å². The van der Waals surface area contributed by atoms with Gasteiger partial charge in [-0.25, -0.2) is 9.59 Å². The molecule has 1 aromatic carbocycles. The van der Waals surface area contributed by atoms with Gasteiger partial charge in [-0.1, -0.05) is 42.5 Å². The number of hydrogen-bond acceptors (Lipinski definition) is 4. The number of ether oxygens (including phenoxy) is 2. The third kappa shape index (κ3) is 4.69. The zero-order valence-electron chi connectivity index (χ0n) is 13.2. The minimum absolute atomic E-state index is 0.162. The van der Waals surface area contributed by atoms with Gasteiger partial charge in [-0.15, -0.1) is 0 Å². The largest absolute Gasteiger partial charge is 0.460 e. The number of urea groups is 1. The number of benzene rings is 1. The standard InChI is InChI=1S/C17H20N2O4/c1-12-15(16(20)23-11-10-22-2)14(19-17(21)18-12)9-8-13-6-4-3-5-7-13/h3-9,14H,10-11H2,1-2H3,(H2,18,19,21)/b9-8+/t14-/m1/s1. The topological polar surface area (TPSA) is 76.7 Å². The minimum Gasteiger partial charge on any atom is -0.460 e. The first-order chi connectivity index (χ1) is 11.1. The number of nitrogens with one attached hydrogen (secondary N) is 2. The second kappa shape index (κ2) is 8.14. The summed E-state index contributed by atoms with van der Waals surface area (Å²) in [7, 11) is 1.53. The fraction of sp³-hybridized carbons (Fsp3) is 0.294. The molecule has 0 aliphatic carbocycles. The molecule has 6 nitrogen and oxygen atoms in total. The number of carbonyl (C=O) groups excluding carboxylic acids is 2. The number of amides is 2. The molecule has 1 heterocycles. The number of carbonyl (C=O) groups is 2. The highest BCUT2D eigenvalue weighted by Gasteiger charge is 2.29. The van der Waals surface area contributed by atoms with Crippen LogP contribution in [0.1, 0.15) is 12.5 Å². The molecule has 0 saturated heterocycles. The molecule has 23 heavy (non-hydrogen) atoms. The summed E-state index contributed by atoms with van der Waals surface area (Å²) in [5, 5.41) is 5.30. The van der Waals surface area contributed by atoms with Gasteiger partial charge in [0, 0.05) is 12.8 Å². The summed E-state index contributed by atoms with van der Waals surface area (Å²) in [4.78, 5) is 23.9. The molecular weight excluding hydrogens is 296 g/mol. The van der Waals surface area contributed by atoms with Gasteiger partial charge in [-0.3, -0.25) is 0 Å². The molecule has 1 aliphatic heterocycles. The summed E-state index contributed by atoms with van der Waals surface area (Å²) in [6, 6.07) is 8.74. The highest BCUT2D eigenvalue weighted by Crippen LogP contribution is 2.16. The Morgan fingerprint density at radius 3 is 2.70 bits per heavy atom. The van der Waals surface area contributed by atoms with Crippen molar-refractivity contribution in [3.05, 3.63) is 53.2 Å². The first-order valence-corrected chi connectivity index (χ1v) is 7.29. The maximum absolute atomic E-state index is 12.3. The molecule has 1 aliphatic rings. The predicted molar refractivity (Wildman–Crippen MR) is 86.5 cm³/mol. The van der Waals surface area contributed by atoms with Gasteiger partial charge in [0.15, 0.2) is 0 Å². The van der Waals surface area contributed by atoms with Crippen molar-refractivity contribution in [1.82, 2.24) is 10.6 Å². The van der Waals surface area contributed by atoms with Crippen LogP contribution in [0.15, 0.2) is 47.7 Å². The zero-order chi connectivity index (χ0) is 16.7. The van der Waals surface area contributed by atoms with Crippen molar-refractivity contribution >= 4 is 18.1 Å². The average Bonchev–Trinajstić information content (AvgIpc) is 2.53. The quantitative estimate of drug-likeness (QED) is 0.620. The summed E-state index contributed by atoms with van der Waals surface area (Å²) < 4.78 is 10.0. The molecule has 0 spiro atoms. The fourth-order valence-corrected chi connectivity index (χ4v) is 2.21. The molecule has 1 aromatic rings. The number of hydrogen-bond donors (Lipinski definition) is 2. The van der Waals surface area contributed by atoms with E-state index in [0.29, 0.717) is 17.9 Å². The van der Waals surface area contributed by atoms with Crippen LogP contribution < -0.4 is 10.6 Å². The van der Waals surface area contributed by atoms with E-state index < -0.39 is 12.0 Å². The summed E-state index contributed by atoms with van der Waals surface area (Å²) in [5.41, 5.74) is 1.84. The Morgan fingerprint density at radius 1 is 1.26 bits per heavy atom. The summed E-state index contributed by atoms with van der Waals surface area (Å²) in [6.07, 6.45) is 3.62. The van der Waals surface area contributed by atoms with Crippen LogP contribution in [-0.2, 0) is 14.3 Å². The number of esters is 1. The normalized spacial score (nSPS) is 17.8. The molecule has 2 N–H and O–H groups in total. The van der Waals surface area contributed by atoms with Crippen molar-refractivity contribution in [2.45, 2.75) is 13.0 Å². The SMILES string of the molecule is COCCOC(=O)C1=C(C)NC(=O)N[C@@H]1/C=C/c1ccccc1. The van der Waals surface area contributed by atoms with E-state index in [-0.39, 0.29) is 12.6 Å². The van der Waals surface area contributed by atoms with Crippen molar-refractivity contribution in [3.63, 3.8) is 0 Å². The third-order valence-electron chi connectivity index (χ3n) is 3.32. The summed E-state index contributed by atoms with van der Waals surface area (Å²) in [6.45, 7) is 2.16. The zero-order valence-corrected chi connectivity index (χ0v) is 13.2. The van der Waals surface area contributed by atoms with Gasteiger partial charge in [-0.05, 0) is 12.5 Å². The van der Waals surface area contributed by atoms with Crippen molar-refractivity contribution in [1.29, 1.82) is 0 Å². The van der Waals surface area contributed by atoms with Crippen molar-refractivity contribution in [2.75, 3.05) is 20.3 Å². The molecule has 2 amide bonds. The Hall–Kier alpha value is -2.60. The van der Waals surface area contributed by atoms with Gasteiger partial charge < -0.3 is 20.1 Å². The van der Waals surface area contributed by atoms with Gasteiger partial charge in [-0.2, -0.15) is 0 Å². The molecule has 0 saturated carbocycles. The first kappa shape index (κ1) is 16.8. The van der Waals surface area contributed by atoms with Crippen LogP contribution in [0.3, 0.4) is 0 Å². The van der Waals surface area contributed by atoms with Gasteiger partial charge in [0.1, 0.15) is 6.61 Å². The summed E-state index contributed by atoms with van der Waals surface area (Å²) in [5.74, 6) is -0.477. The van der Waals surface area contributed by atoms with E-state index >= 15 is 0 Å². The van der Waals surface area contributed by atoms with Crippen LogP contribution in [0.4, 0.5) is 4.79 Å². The van der Waals surface area contributed by atoms with Gasteiger partial charge in [0.25, 0.3) is 0 Å². The fourth-order valence-electron chi connectivity index (χ4n) is 2.21. The molecule has 1 atom stereocenters.